The minimum Gasteiger partial charge on any atom is -0.339 e. The van der Waals surface area contributed by atoms with Gasteiger partial charge in [0.15, 0.2) is 0 Å². The van der Waals surface area contributed by atoms with Crippen molar-refractivity contribution in [3.8, 4) is 0 Å². The Bertz CT molecular complexity index is 440. The maximum absolute atomic E-state index is 12.1. The molecule has 1 amide bonds. The standard InChI is InChI=1S/C14H24N4OS/c1-3-4-13(15)14(19)18-7-5-17(6-8-18)10-12-9-16-11(2)20-12/h9,13H,3-8,10,15H2,1-2H3. The lowest BCUT2D eigenvalue weighted by atomic mass is 10.1. The molecule has 1 aliphatic rings. The normalized spacial score (nSPS) is 18.2. The maximum atomic E-state index is 12.1. The number of aryl methyl sites for hydroxylation is 1. The number of hydrogen-bond acceptors (Lipinski definition) is 5. The van der Waals surface area contributed by atoms with E-state index in [1.165, 1.54) is 4.88 Å². The second-order valence-corrected chi connectivity index (χ2v) is 6.66. The number of hydrogen-bond donors (Lipinski definition) is 1. The number of thiazole rings is 1. The van der Waals surface area contributed by atoms with Crippen LogP contribution in [0.3, 0.4) is 0 Å². The molecule has 2 heterocycles. The number of rotatable bonds is 5. The third-order valence-electron chi connectivity index (χ3n) is 3.65. The number of nitrogens with zero attached hydrogens (tertiary/aromatic N) is 3. The minimum absolute atomic E-state index is 0.111. The molecule has 1 aromatic rings. The molecule has 112 valence electrons. The average molecular weight is 296 g/mol. The van der Waals surface area contributed by atoms with Crippen molar-refractivity contribution in [2.45, 2.75) is 39.3 Å². The quantitative estimate of drug-likeness (QED) is 0.887. The zero-order valence-electron chi connectivity index (χ0n) is 12.3. The van der Waals surface area contributed by atoms with Gasteiger partial charge in [0.05, 0.1) is 11.0 Å². The Labute approximate surface area is 124 Å². The van der Waals surface area contributed by atoms with Gasteiger partial charge in [-0.1, -0.05) is 13.3 Å². The van der Waals surface area contributed by atoms with Crippen molar-refractivity contribution < 1.29 is 4.79 Å². The number of carbonyl (C=O) groups is 1. The predicted octanol–water partition coefficient (Wildman–Crippen LogP) is 1.22. The van der Waals surface area contributed by atoms with Gasteiger partial charge in [-0.25, -0.2) is 4.98 Å². The largest absolute Gasteiger partial charge is 0.339 e. The monoisotopic (exact) mass is 296 g/mol. The average Bonchev–Trinajstić information content (AvgIpc) is 2.84. The van der Waals surface area contributed by atoms with Crippen LogP contribution in [0.2, 0.25) is 0 Å². The summed E-state index contributed by atoms with van der Waals surface area (Å²) in [7, 11) is 0. The van der Waals surface area contributed by atoms with Gasteiger partial charge in [-0.3, -0.25) is 9.69 Å². The van der Waals surface area contributed by atoms with Gasteiger partial charge >= 0.3 is 0 Å². The summed E-state index contributed by atoms with van der Waals surface area (Å²) >= 11 is 1.75. The van der Waals surface area contributed by atoms with E-state index < -0.39 is 0 Å². The molecule has 20 heavy (non-hydrogen) atoms. The van der Waals surface area contributed by atoms with Crippen LogP contribution in [0.5, 0.6) is 0 Å². The van der Waals surface area contributed by atoms with Crippen LogP contribution >= 0.6 is 11.3 Å². The van der Waals surface area contributed by atoms with E-state index in [0.717, 1.165) is 50.6 Å². The SMILES string of the molecule is CCCC(N)C(=O)N1CCN(Cc2cnc(C)s2)CC1. The van der Waals surface area contributed by atoms with Gasteiger partial charge < -0.3 is 10.6 Å². The van der Waals surface area contributed by atoms with Crippen molar-refractivity contribution in [2.24, 2.45) is 5.73 Å². The molecule has 1 unspecified atom stereocenters. The lowest BCUT2D eigenvalue weighted by Gasteiger charge is -2.35. The molecule has 0 spiro atoms. The second-order valence-electron chi connectivity index (χ2n) is 5.34. The first-order valence-electron chi connectivity index (χ1n) is 7.28. The highest BCUT2D eigenvalue weighted by atomic mass is 32.1. The zero-order valence-corrected chi connectivity index (χ0v) is 13.2. The minimum atomic E-state index is -0.323. The van der Waals surface area contributed by atoms with E-state index in [0.29, 0.717) is 0 Å². The summed E-state index contributed by atoms with van der Waals surface area (Å²) in [5.41, 5.74) is 5.91. The summed E-state index contributed by atoms with van der Waals surface area (Å²) in [5, 5.41) is 1.11. The van der Waals surface area contributed by atoms with E-state index in [-0.39, 0.29) is 11.9 Å². The van der Waals surface area contributed by atoms with Crippen molar-refractivity contribution in [2.75, 3.05) is 26.2 Å². The van der Waals surface area contributed by atoms with Crippen LogP contribution in [0, 0.1) is 6.92 Å². The first kappa shape index (κ1) is 15.4. The van der Waals surface area contributed by atoms with Crippen LogP contribution in [-0.2, 0) is 11.3 Å². The van der Waals surface area contributed by atoms with Crippen molar-refractivity contribution in [1.29, 1.82) is 0 Å². The predicted molar refractivity (Wildman–Crippen MR) is 81.6 cm³/mol. The van der Waals surface area contributed by atoms with Crippen molar-refractivity contribution in [1.82, 2.24) is 14.8 Å². The highest BCUT2D eigenvalue weighted by Crippen LogP contribution is 2.15. The Morgan fingerprint density at radius 1 is 1.45 bits per heavy atom. The Balaban J connectivity index is 1.78. The van der Waals surface area contributed by atoms with E-state index in [9.17, 15) is 4.79 Å². The summed E-state index contributed by atoms with van der Waals surface area (Å²) in [6.45, 7) is 8.43. The van der Waals surface area contributed by atoms with Gasteiger partial charge in [-0.05, 0) is 13.3 Å². The van der Waals surface area contributed by atoms with Crippen LogP contribution in [-0.4, -0.2) is 52.9 Å². The maximum Gasteiger partial charge on any atom is 0.239 e. The molecule has 0 aromatic carbocycles. The summed E-state index contributed by atoms with van der Waals surface area (Å²) < 4.78 is 0. The van der Waals surface area contributed by atoms with E-state index >= 15 is 0 Å². The molecule has 6 heteroatoms. The number of nitrogens with two attached hydrogens (primary N) is 1. The second kappa shape index (κ2) is 7.15. The molecule has 5 nitrogen and oxygen atoms in total. The van der Waals surface area contributed by atoms with Crippen LogP contribution in [0.25, 0.3) is 0 Å². The molecule has 2 rings (SSSR count). The topological polar surface area (TPSA) is 62.5 Å². The fourth-order valence-electron chi connectivity index (χ4n) is 2.49. The highest BCUT2D eigenvalue weighted by molar-refractivity contribution is 7.11. The van der Waals surface area contributed by atoms with Crippen LogP contribution in [0.4, 0.5) is 0 Å². The first-order chi connectivity index (χ1) is 9.60. The molecule has 1 fully saturated rings. The van der Waals surface area contributed by atoms with Crippen LogP contribution in [0.1, 0.15) is 29.7 Å². The van der Waals surface area contributed by atoms with Crippen LogP contribution < -0.4 is 5.73 Å². The molecule has 1 atom stereocenters. The third kappa shape index (κ3) is 4.01. The van der Waals surface area contributed by atoms with E-state index in [4.69, 9.17) is 5.73 Å². The van der Waals surface area contributed by atoms with Gasteiger partial charge in [-0.15, -0.1) is 11.3 Å². The molecule has 0 saturated carbocycles. The fourth-order valence-corrected chi connectivity index (χ4v) is 3.33. The fraction of sp³-hybridized carbons (Fsp3) is 0.714. The Kier molecular flexibility index (Phi) is 5.51. The lowest BCUT2D eigenvalue weighted by Crippen LogP contribution is -2.52. The zero-order chi connectivity index (χ0) is 14.5. The van der Waals surface area contributed by atoms with Crippen molar-refractivity contribution in [3.63, 3.8) is 0 Å². The number of piperazine rings is 1. The van der Waals surface area contributed by atoms with Gasteiger partial charge in [-0.2, -0.15) is 0 Å². The smallest absolute Gasteiger partial charge is 0.239 e. The van der Waals surface area contributed by atoms with Crippen molar-refractivity contribution in [3.05, 3.63) is 16.1 Å². The van der Waals surface area contributed by atoms with E-state index in [2.05, 4.69) is 16.8 Å². The summed E-state index contributed by atoms with van der Waals surface area (Å²) in [5.74, 6) is 0.111. The summed E-state index contributed by atoms with van der Waals surface area (Å²) in [6, 6.07) is -0.323. The molecule has 1 aromatic heterocycles. The molecule has 0 radical (unpaired) electrons. The van der Waals surface area contributed by atoms with Crippen LogP contribution in [0.15, 0.2) is 6.20 Å². The highest BCUT2D eigenvalue weighted by Gasteiger charge is 2.24. The summed E-state index contributed by atoms with van der Waals surface area (Å²) in [4.78, 5) is 22.0. The Morgan fingerprint density at radius 3 is 2.70 bits per heavy atom. The number of amides is 1. The lowest BCUT2D eigenvalue weighted by molar-refractivity contribution is -0.134. The number of carbonyl (C=O) groups excluding carboxylic acids is 1. The molecule has 1 aliphatic heterocycles. The van der Waals surface area contributed by atoms with Crippen molar-refractivity contribution >= 4 is 17.2 Å². The van der Waals surface area contributed by atoms with E-state index in [1.54, 1.807) is 11.3 Å². The number of aromatic nitrogens is 1. The molecule has 0 bridgehead atoms. The molecular weight excluding hydrogens is 272 g/mol. The molecule has 2 N–H and O–H groups in total. The van der Waals surface area contributed by atoms with Gasteiger partial charge in [0, 0.05) is 43.8 Å². The van der Waals surface area contributed by atoms with Gasteiger partial charge in [0.1, 0.15) is 0 Å². The van der Waals surface area contributed by atoms with E-state index in [1.807, 2.05) is 18.0 Å². The molecule has 1 saturated heterocycles. The first-order valence-corrected chi connectivity index (χ1v) is 8.10. The third-order valence-corrected chi connectivity index (χ3v) is 4.55. The Morgan fingerprint density at radius 2 is 2.15 bits per heavy atom. The van der Waals surface area contributed by atoms with Gasteiger partial charge in [0.25, 0.3) is 0 Å². The molecule has 0 aliphatic carbocycles. The molecular formula is C14H24N4OS. The van der Waals surface area contributed by atoms with Gasteiger partial charge in [0.2, 0.25) is 5.91 Å². The Hall–Kier alpha value is -0.980. The summed E-state index contributed by atoms with van der Waals surface area (Å²) in [6.07, 6.45) is 3.69.